The van der Waals surface area contributed by atoms with Crippen LogP contribution in [-0.2, 0) is 32.0 Å². The highest BCUT2D eigenvalue weighted by Crippen LogP contribution is 2.23. The SMILES string of the molecule is COC(=O)NC(CCC(=O)OC(C)(C)C)(Cc1cccc(C(=N)N)c1)C(=O)NC(=O)NCc1ccc(C(=N)N)o1. The molecule has 1 aromatic heterocycles. The van der Waals surface area contributed by atoms with Crippen LogP contribution < -0.4 is 27.4 Å². The number of alkyl carbamates (subject to hydrolysis) is 1. The van der Waals surface area contributed by atoms with Gasteiger partial charge in [0.05, 0.1) is 13.7 Å². The average molecular weight is 558 g/mol. The fraction of sp³-hybridized carbons (Fsp3) is 0.385. The van der Waals surface area contributed by atoms with Gasteiger partial charge in [0.2, 0.25) is 0 Å². The number of amides is 4. The van der Waals surface area contributed by atoms with E-state index in [4.69, 9.17) is 36.2 Å². The number of carbonyl (C=O) groups is 4. The summed E-state index contributed by atoms with van der Waals surface area (Å²) in [6, 6.07) is 8.46. The van der Waals surface area contributed by atoms with Crippen molar-refractivity contribution in [2.24, 2.45) is 11.5 Å². The molecule has 1 aromatic carbocycles. The van der Waals surface area contributed by atoms with Crippen molar-refractivity contribution in [2.75, 3.05) is 7.11 Å². The molecule has 40 heavy (non-hydrogen) atoms. The lowest BCUT2D eigenvalue weighted by Crippen LogP contribution is -2.62. The topological polar surface area (TPSA) is 236 Å². The number of nitrogens with one attached hydrogen (secondary N) is 5. The Labute approximate surface area is 231 Å². The first kappa shape index (κ1) is 31.3. The molecule has 14 nitrogen and oxygen atoms in total. The minimum absolute atomic E-state index is 0.115. The summed E-state index contributed by atoms with van der Waals surface area (Å²) < 4.78 is 15.4. The third-order valence-electron chi connectivity index (χ3n) is 5.46. The van der Waals surface area contributed by atoms with Gasteiger partial charge in [-0.25, -0.2) is 9.59 Å². The first-order chi connectivity index (χ1) is 18.6. The van der Waals surface area contributed by atoms with Gasteiger partial charge in [-0.3, -0.25) is 25.7 Å². The zero-order valence-corrected chi connectivity index (χ0v) is 22.8. The summed E-state index contributed by atoms with van der Waals surface area (Å²) in [7, 11) is 1.10. The number of methoxy groups -OCH3 is 1. The molecule has 2 rings (SSSR count). The van der Waals surface area contributed by atoms with Gasteiger partial charge in [-0.2, -0.15) is 0 Å². The predicted molar refractivity (Wildman–Crippen MR) is 145 cm³/mol. The number of esters is 1. The molecule has 1 atom stereocenters. The number of furan rings is 1. The van der Waals surface area contributed by atoms with Gasteiger partial charge < -0.3 is 36.0 Å². The molecule has 14 heteroatoms. The molecule has 0 saturated heterocycles. The third kappa shape index (κ3) is 9.45. The van der Waals surface area contributed by atoms with Crippen molar-refractivity contribution < 1.29 is 33.1 Å². The highest BCUT2D eigenvalue weighted by Gasteiger charge is 2.42. The van der Waals surface area contributed by atoms with Gasteiger partial charge in [-0.1, -0.05) is 18.2 Å². The zero-order chi connectivity index (χ0) is 30.1. The first-order valence-corrected chi connectivity index (χ1v) is 12.2. The highest BCUT2D eigenvalue weighted by atomic mass is 16.6. The Kier molecular flexibility index (Phi) is 10.4. The minimum Gasteiger partial charge on any atom is -0.460 e. The molecule has 0 fully saturated rings. The van der Waals surface area contributed by atoms with Gasteiger partial charge in [-0.15, -0.1) is 0 Å². The Hall–Kier alpha value is -4.88. The molecule has 4 amide bonds. The van der Waals surface area contributed by atoms with Crippen LogP contribution in [0.5, 0.6) is 0 Å². The number of carbonyl (C=O) groups excluding carboxylic acids is 4. The maximum atomic E-state index is 13.6. The molecule has 2 aromatic rings. The van der Waals surface area contributed by atoms with E-state index in [9.17, 15) is 19.2 Å². The predicted octanol–water partition coefficient (Wildman–Crippen LogP) is 1.63. The summed E-state index contributed by atoms with van der Waals surface area (Å²) in [6.07, 6.45) is -1.72. The lowest BCUT2D eigenvalue weighted by Gasteiger charge is -2.33. The zero-order valence-electron chi connectivity index (χ0n) is 22.8. The van der Waals surface area contributed by atoms with Crippen LogP contribution >= 0.6 is 0 Å². The van der Waals surface area contributed by atoms with Crippen LogP contribution in [0.15, 0.2) is 40.8 Å². The van der Waals surface area contributed by atoms with Crippen molar-refractivity contribution in [2.45, 2.75) is 57.7 Å². The number of benzene rings is 1. The van der Waals surface area contributed by atoms with Crippen molar-refractivity contribution in [3.8, 4) is 0 Å². The number of nitrogens with two attached hydrogens (primary N) is 2. The molecule has 0 bridgehead atoms. The van der Waals surface area contributed by atoms with Crippen LogP contribution in [0.25, 0.3) is 0 Å². The van der Waals surface area contributed by atoms with Gasteiger partial charge in [-0.05, 0) is 51.0 Å². The molecule has 0 aliphatic carbocycles. The fourth-order valence-corrected chi connectivity index (χ4v) is 3.65. The van der Waals surface area contributed by atoms with E-state index in [1.807, 2.05) is 0 Å². The van der Waals surface area contributed by atoms with Crippen molar-refractivity contribution in [1.82, 2.24) is 16.0 Å². The number of imide groups is 1. The lowest BCUT2D eigenvalue weighted by molar-refractivity contribution is -0.155. The summed E-state index contributed by atoms with van der Waals surface area (Å²) in [5, 5.41) is 22.2. The van der Waals surface area contributed by atoms with E-state index in [2.05, 4.69) is 16.0 Å². The number of hydrogen-bond donors (Lipinski definition) is 7. The number of amidine groups is 2. The molecule has 0 saturated carbocycles. The quantitative estimate of drug-likeness (QED) is 0.121. The molecular formula is C26H35N7O7. The van der Waals surface area contributed by atoms with Crippen molar-refractivity contribution in [3.05, 3.63) is 59.0 Å². The Morgan fingerprint density at radius 2 is 1.73 bits per heavy atom. The van der Waals surface area contributed by atoms with Crippen LogP contribution in [-0.4, -0.2) is 53.9 Å². The van der Waals surface area contributed by atoms with E-state index in [1.165, 1.54) is 12.1 Å². The van der Waals surface area contributed by atoms with Crippen molar-refractivity contribution in [1.29, 1.82) is 10.8 Å². The second kappa shape index (κ2) is 13.3. The Bertz CT molecular complexity index is 1280. The van der Waals surface area contributed by atoms with Crippen LogP contribution in [0.3, 0.4) is 0 Å². The molecule has 0 spiro atoms. The van der Waals surface area contributed by atoms with E-state index >= 15 is 0 Å². The largest absolute Gasteiger partial charge is 0.460 e. The van der Waals surface area contributed by atoms with E-state index in [0.29, 0.717) is 11.1 Å². The van der Waals surface area contributed by atoms with Crippen LogP contribution in [0.1, 0.15) is 56.3 Å². The summed E-state index contributed by atoms with van der Waals surface area (Å²) in [4.78, 5) is 51.2. The molecule has 216 valence electrons. The van der Waals surface area contributed by atoms with Crippen molar-refractivity contribution >= 4 is 35.7 Å². The second-order valence-electron chi connectivity index (χ2n) is 9.89. The number of hydrogen-bond acceptors (Lipinski definition) is 9. The second-order valence-corrected chi connectivity index (χ2v) is 9.89. The number of ether oxygens (including phenoxy) is 2. The molecule has 1 heterocycles. The summed E-state index contributed by atoms with van der Waals surface area (Å²) in [5.41, 5.74) is 9.18. The van der Waals surface area contributed by atoms with Gasteiger partial charge in [0.25, 0.3) is 5.91 Å². The van der Waals surface area contributed by atoms with Crippen LogP contribution in [0.4, 0.5) is 9.59 Å². The van der Waals surface area contributed by atoms with Gasteiger partial charge in [0, 0.05) is 18.4 Å². The Morgan fingerprint density at radius 3 is 2.30 bits per heavy atom. The molecular weight excluding hydrogens is 522 g/mol. The van der Waals surface area contributed by atoms with Gasteiger partial charge in [0.15, 0.2) is 11.6 Å². The average Bonchev–Trinajstić information content (AvgIpc) is 3.34. The highest BCUT2D eigenvalue weighted by molar-refractivity contribution is 6.01. The standard InChI is InChI=1S/C26H35N7O7/c1-25(2,3)40-19(34)10-11-26(33-24(37)38-4,13-15-6-5-7-16(12-15)20(27)28)22(35)32-23(36)31-14-17-8-9-18(39-17)21(29)30/h5-9,12H,10-11,13-14H2,1-4H3,(H3,27,28)(H3,29,30)(H,33,37)(H2,31,32,35,36). The minimum atomic E-state index is -1.86. The third-order valence-corrected chi connectivity index (χ3v) is 5.46. The van der Waals surface area contributed by atoms with Crippen molar-refractivity contribution in [3.63, 3.8) is 0 Å². The maximum absolute atomic E-state index is 13.6. The number of rotatable bonds is 11. The Balaban J connectivity index is 2.35. The van der Waals surface area contributed by atoms with Crippen LogP contribution in [0.2, 0.25) is 0 Å². The maximum Gasteiger partial charge on any atom is 0.407 e. The molecule has 0 radical (unpaired) electrons. The number of nitrogen functional groups attached to an aromatic ring is 2. The van der Waals surface area contributed by atoms with Gasteiger partial charge in [0.1, 0.15) is 22.7 Å². The molecule has 1 unspecified atom stereocenters. The molecule has 9 N–H and O–H groups in total. The van der Waals surface area contributed by atoms with E-state index in [0.717, 1.165) is 7.11 Å². The molecule has 0 aliphatic rings. The first-order valence-electron chi connectivity index (χ1n) is 12.2. The monoisotopic (exact) mass is 557 g/mol. The van der Waals surface area contributed by atoms with Gasteiger partial charge >= 0.3 is 18.1 Å². The fourth-order valence-electron chi connectivity index (χ4n) is 3.65. The number of urea groups is 1. The smallest absolute Gasteiger partial charge is 0.407 e. The van der Waals surface area contributed by atoms with Crippen LogP contribution in [0, 0.1) is 10.8 Å². The summed E-state index contributed by atoms with van der Waals surface area (Å²) >= 11 is 0. The lowest BCUT2D eigenvalue weighted by atomic mass is 9.84. The summed E-state index contributed by atoms with van der Waals surface area (Å²) in [6.45, 7) is 4.93. The van der Waals surface area contributed by atoms with E-state index in [-0.39, 0.29) is 49.0 Å². The van der Waals surface area contributed by atoms with E-state index < -0.39 is 35.1 Å². The Morgan fingerprint density at radius 1 is 1.02 bits per heavy atom. The summed E-state index contributed by atoms with van der Waals surface area (Å²) in [5.74, 6) is -1.67. The normalized spacial score (nSPS) is 12.4. The molecule has 0 aliphatic heterocycles. The van der Waals surface area contributed by atoms with E-state index in [1.54, 1.807) is 45.0 Å².